The van der Waals surface area contributed by atoms with E-state index in [1.165, 1.54) is 4.90 Å². The van der Waals surface area contributed by atoms with Gasteiger partial charge in [-0.15, -0.1) is 0 Å². The fourth-order valence-electron chi connectivity index (χ4n) is 2.06. The van der Waals surface area contributed by atoms with Gasteiger partial charge in [0.15, 0.2) is 0 Å². The van der Waals surface area contributed by atoms with Gasteiger partial charge in [0, 0.05) is 18.1 Å². The molecular formula is C16H15N3O2. The number of fused-ring (bicyclic) bond motifs is 1. The molecule has 0 aliphatic rings. The maximum Gasteiger partial charge on any atom is 0.414 e. The van der Waals surface area contributed by atoms with Crippen LogP contribution in [0.25, 0.3) is 10.9 Å². The predicted molar refractivity (Wildman–Crippen MR) is 81.1 cm³/mol. The molecule has 2 aromatic carbocycles. The largest absolute Gasteiger partial charge is 0.444 e. The smallest absolute Gasteiger partial charge is 0.414 e. The average Bonchev–Trinajstić information content (AvgIpc) is 3.00. The molecule has 0 aliphatic carbocycles. The lowest BCUT2D eigenvalue weighted by Crippen LogP contribution is -2.26. The van der Waals surface area contributed by atoms with Crippen molar-refractivity contribution < 1.29 is 9.53 Å². The number of rotatable bonds is 3. The number of anilines is 1. The van der Waals surface area contributed by atoms with Crippen LogP contribution in [0.2, 0.25) is 0 Å². The van der Waals surface area contributed by atoms with Gasteiger partial charge in [-0.1, -0.05) is 30.3 Å². The van der Waals surface area contributed by atoms with Gasteiger partial charge in [0.25, 0.3) is 0 Å². The molecule has 1 aromatic heterocycles. The molecule has 3 rings (SSSR count). The molecule has 0 aliphatic heterocycles. The number of aromatic nitrogens is 2. The molecule has 0 bridgehead atoms. The summed E-state index contributed by atoms with van der Waals surface area (Å²) in [6, 6.07) is 15.2. The highest BCUT2D eigenvalue weighted by atomic mass is 16.6. The zero-order valence-electron chi connectivity index (χ0n) is 11.6. The van der Waals surface area contributed by atoms with Crippen molar-refractivity contribution in [3.8, 4) is 0 Å². The monoisotopic (exact) mass is 281 g/mol. The Labute approximate surface area is 122 Å². The third-order valence-corrected chi connectivity index (χ3v) is 3.29. The quantitative estimate of drug-likeness (QED) is 0.801. The summed E-state index contributed by atoms with van der Waals surface area (Å²) in [6.07, 6.45) is 1.34. The Balaban J connectivity index is 1.68. The molecule has 21 heavy (non-hydrogen) atoms. The molecule has 0 unspecified atom stereocenters. The van der Waals surface area contributed by atoms with Crippen LogP contribution in [0.15, 0.2) is 54.7 Å². The Kier molecular flexibility index (Phi) is 3.55. The van der Waals surface area contributed by atoms with Crippen molar-refractivity contribution in [2.45, 2.75) is 6.61 Å². The molecule has 1 amide bonds. The van der Waals surface area contributed by atoms with Crippen LogP contribution in [0, 0.1) is 0 Å². The van der Waals surface area contributed by atoms with Gasteiger partial charge in [-0.25, -0.2) is 4.79 Å². The van der Waals surface area contributed by atoms with Gasteiger partial charge in [-0.05, 0) is 23.8 Å². The van der Waals surface area contributed by atoms with E-state index < -0.39 is 0 Å². The Hall–Kier alpha value is -2.82. The summed E-state index contributed by atoms with van der Waals surface area (Å²) in [5.41, 5.74) is 2.66. The van der Waals surface area contributed by atoms with Crippen LogP contribution >= 0.6 is 0 Å². The summed E-state index contributed by atoms with van der Waals surface area (Å²) in [7, 11) is 1.69. The zero-order chi connectivity index (χ0) is 14.7. The van der Waals surface area contributed by atoms with Crippen molar-refractivity contribution in [3.05, 3.63) is 60.3 Å². The summed E-state index contributed by atoms with van der Waals surface area (Å²) in [4.78, 5) is 13.6. The van der Waals surface area contributed by atoms with Crippen molar-refractivity contribution in [2.24, 2.45) is 0 Å². The van der Waals surface area contributed by atoms with Crippen LogP contribution in [-0.2, 0) is 11.3 Å². The lowest BCUT2D eigenvalue weighted by Gasteiger charge is -2.17. The van der Waals surface area contributed by atoms with Crippen molar-refractivity contribution in [3.63, 3.8) is 0 Å². The number of hydrogen-bond acceptors (Lipinski definition) is 3. The predicted octanol–water partition coefficient (Wildman–Crippen LogP) is 3.34. The number of nitrogens with one attached hydrogen (secondary N) is 1. The van der Waals surface area contributed by atoms with Crippen molar-refractivity contribution >= 4 is 22.7 Å². The molecule has 0 fully saturated rings. The van der Waals surface area contributed by atoms with Gasteiger partial charge < -0.3 is 4.74 Å². The minimum absolute atomic E-state index is 0.262. The molecule has 106 valence electrons. The van der Waals surface area contributed by atoms with Crippen LogP contribution in [0.5, 0.6) is 0 Å². The zero-order valence-corrected chi connectivity index (χ0v) is 11.6. The van der Waals surface area contributed by atoms with E-state index in [9.17, 15) is 4.79 Å². The fourth-order valence-corrected chi connectivity index (χ4v) is 2.06. The molecule has 0 spiro atoms. The number of aromatic amines is 1. The number of carbonyl (C=O) groups excluding carboxylic acids is 1. The highest BCUT2D eigenvalue weighted by Gasteiger charge is 2.13. The fraction of sp³-hybridized carbons (Fsp3) is 0.125. The third kappa shape index (κ3) is 2.86. The Morgan fingerprint density at radius 3 is 2.86 bits per heavy atom. The van der Waals surface area contributed by atoms with Gasteiger partial charge in [0.05, 0.1) is 11.7 Å². The first kappa shape index (κ1) is 13.2. The van der Waals surface area contributed by atoms with Crippen LogP contribution < -0.4 is 4.90 Å². The van der Waals surface area contributed by atoms with Crippen molar-refractivity contribution in [2.75, 3.05) is 11.9 Å². The summed E-state index contributed by atoms with van der Waals surface area (Å²) in [5.74, 6) is 0. The first-order chi connectivity index (χ1) is 10.2. The average molecular weight is 281 g/mol. The number of amides is 1. The molecule has 1 heterocycles. The number of ether oxygens (including phenoxy) is 1. The first-order valence-corrected chi connectivity index (χ1v) is 6.61. The number of benzene rings is 2. The van der Waals surface area contributed by atoms with Gasteiger partial charge in [-0.2, -0.15) is 5.10 Å². The van der Waals surface area contributed by atoms with E-state index in [-0.39, 0.29) is 12.7 Å². The molecule has 0 radical (unpaired) electrons. The highest BCUT2D eigenvalue weighted by molar-refractivity contribution is 5.91. The summed E-state index contributed by atoms with van der Waals surface area (Å²) >= 11 is 0. The van der Waals surface area contributed by atoms with E-state index in [2.05, 4.69) is 10.2 Å². The van der Waals surface area contributed by atoms with E-state index >= 15 is 0 Å². The van der Waals surface area contributed by atoms with Gasteiger partial charge in [0.2, 0.25) is 0 Å². The van der Waals surface area contributed by atoms with Gasteiger partial charge >= 0.3 is 6.09 Å². The molecule has 5 nitrogen and oxygen atoms in total. The molecule has 3 aromatic rings. The summed E-state index contributed by atoms with van der Waals surface area (Å²) in [6.45, 7) is 0.262. The topological polar surface area (TPSA) is 58.2 Å². The lowest BCUT2D eigenvalue weighted by molar-refractivity contribution is 0.148. The van der Waals surface area contributed by atoms with Crippen LogP contribution in [0.1, 0.15) is 5.56 Å². The van der Waals surface area contributed by atoms with Crippen LogP contribution in [0.4, 0.5) is 10.5 Å². The molecule has 0 saturated carbocycles. The minimum Gasteiger partial charge on any atom is -0.444 e. The van der Waals surface area contributed by atoms with E-state index in [1.54, 1.807) is 13.2 Å². The Morgan fingerprint density at radius 2 is 2.05 bits per heavy atom. The Morgan fingerprint density at radius 1 is 1.24 bits per heavy atom. The minimum atomic E-state index is -0.387. The Bertz CT molecular complexity index is 752. The summed E-state index contributed by atoms with van der Waals surface area (Å²) < 4.78 is 5.30. The second-order valence-electron chi connectivity index (χ2n) is 4.74. The van der Waals surface area contributed by atoms with Gasteiger partial charge in [0.1, 0.15) is 6.61 Å². The van der Waals surface area contributed by atoms with Crippen LogP contribution in [-0.4, -0.2) is 23.3 Å². The van der Waals surface area contributed by atoms with E-state index in [0.717, 1.165) is 22.2 Å². The number of hydrogen-bond donors (Lipinski definition) is 1. The second-order valence-corrected chi connectivity index (χ2v) is 4.74. The molecular weight excluding hydrogens is 266 g/mol. The molecule has 0 atom stereocenters. The number of H-pyrrole nitrogens is 1. The molecule has 0 saturated heterocycles. The highest BCUT2D eigenvalue weighted by Crippen LogP contribution is 2.20. The number of nitrogens with zero attached hydrogens (tertiary/aromatic N) is 2. The normalized spacial score (nSPS) is 10.5. The molecule has 1 N–H and O–H groups in total. The lowest BCUT2D eigenvalue weighted by atomic mass is 10.2. The molecule has 5 heteroatoms. The van der Waals surface area contributed by atoms with Crippen molar-refractivity contribution in [1.82, 2.24) is 10.2 Å². The maximum atomic E-state index is 12.1. The number of carbonyl (C=O) groups is 1. The standard InChI is InChI=1S/C16H15N3O2/c1-19(14-7-8-15-13(9-14)10-17-18-15)16(20)21-11-12-5-3-2-4-6-12/h2-10H,11H2,1H3,(H,17,18). The van der Waals surface area contributed by atoms with E-state index in [4.69, 9.17) is 4.74 Å². The van der Waals surface area contributed by atoms with E-state index in [1.807, 2.05) is 48.5 Å². The first-order valence-electron chi connectivity index (χ1n) is 6.61. The maximum absolute atomic E-state index is 12.1. The SMILES string of the molecule is CN(C(=O)OCc1ccccc1)c1ccc2[nH]ncc2c1. The van der Waals surface area contributed by atoms with Crippen LogP contribution in [0.3, 0.4) is 0 Å². The van der Waals surface area contributed by atoms with E-state index in [0.29, 0.717) is 0 Å². The van der Waals surface area contributed by atoms with Crippen molar-refractivity contribution in [1.29, 1.82) is 0 Å². The second kappa shape index (κ2) is 5.66. The van der Waals surface area contributed by atoms with Gasteiger partial charge in [-0.3, -0.25) is 10.00 Å². The third-order valence-electron chi connectivity index (χ3n) is 3.29. The summed E-state index contributed by atoms with van der Waals surface area (Å²) in [5, 5.41) is 7.79.